The number of carboxylic acid groups (broad SMARTS) is 1. The van der Waals surface area contributed by atoms with Gasteiger partial charge in [-0.05, 0) is 12.8 Å². The van der Waals surface area contributed by atoms with Gasteiger partial charge in [-0.25, -0.2) is 9.67 Å². The summed E-state index contributed by atoms with van der Waals surface area (Å²) in [6.45, 7) is 7.83. The number of nitrogens with zero attached hydrogens (tertiary/aromatic N) is 4. The number of carbonyl (C=O) groups is 2. The van der Waals surface area contributed by atoms with Gasteiger partial charge in [0.15, 0.2) is 11.6 Å². The third kappa shape index (κ3) is 4.91. The highest BCUT2D eigenvalue weighted by Gasteiger charge is 2.35. The average Bonchev–Trinajstić information content (AvgIpc) is 3.10. The fraction of sp³-hybridized carbons (Fsp3) is 0.474. The Kier molecular flexibility index (Phi) is 7.48. The average molecular weight is 374 g/mol. The lowest BCUT2D eigenvalue weighted by Gasteiger charge is -2.37. The molecule has 8 heteroatoms. The second kappa shape index (κ2) is 9.82. The zero-order chi connectivity index (χ0) is 19.8. The Morgan fingerprint density at radius 3 is 2.59 bits per heavy atom. The summed E-state index contributed by atoms with van der Waals surface area (Å²) < 4.78 is 7.25. The van der Waals surface area contributed by atoms with Gasteiger partial charge >= 0.3 is 0 Å². The van der Waals surface area contributed by atoms with Crippen LogP contribution in [0.25, 0.3) is 11.4 Å². The Labute approximate surface area is 158 Å². The summed E-state index contributed by atoms with van der Waals surface area (Å²) in [5.41, 5.74) is 0.995. The quantitative estimate of drug-likeness (QED) is 0.806. The van der Waals surface area contributed by atoms with E-state index in [9.17, 15) is 4.79 Å². The van der Waals surface area contributed by atoms with Crippen molar-refractivity contribution in [3.63, 3.8) is 0 Å². The molecule has 1 aromatic carbocycles. The van der Waals surface area contributed by atoms with Crippen molar-refractivity contribution in [3.05, 3.63) is 36.2 Å². The van der Waals surface area contributed by atoms with Crippen molar-refractivity contribution in [1.82, 2.24) is 19.7 Å². The third-order valence-electron chi connectivity index (χ3n) is 4.27. The van der Waals surface area contributed by atoms with E-state index in [1.54, 1.807) is 0 Å². The molecular formula is C19H26N4O4. The Hall–Kier alpha value is -2.74. The maximum absolute atomic E-state index is 12.5. The summed E-state index contributed by atoms with van der Waals surface area (Å²) in [7, 11) is 0. The molecule has 1 aromatic heterocycles. The summed E-state index contributed by atoms with van der Waals surface area (Å²) in [4.78, 5) is 27.5. The number of amides is 1. The standard InChI is InChI=1S/C18H24N4O2.CH2O2/c1-4-24-12-15(23)21-10-11-22-18(16(21)13(2)3)19-17(20-22)14-8-6-5-7-9-14;2-1-3/h5-9,13,16H,4,10-12H2,1-3H3;1H,(H,2,3)/t16-;/m0./s1. The number of benzene rings is 1. The van der Waals surface area contributed by atoms with E-state index in [1.807, 2.05) is 46.8 Å². The molecule has 0 spiro atoms. The van der Waals surface area contributed by atoms with Crippen molar-refractivity contribution in [2.45, 2.75) is 33.4 Å². The van der Waals surface area contributed by atoms with Gasteiger partial charge in [0.05, 0.1) is 12.6 Å². The maximum Gasteiger partial charge on any atom is 0.290 e. The highest BCUT2D eigenvalue weighted by Crippen LogP contribution is 2.32. The van der Waals surface area contributed by atoms with Crippen LogP contribution in [0.2, 0.25) is 0 Å². The van der Waals surface area contributed by atoms with Crippen molar-refractivity contribution in [2.75, 3.05) is 19.8 Å². The number of hydrogen-bond acceptors (Lipinski definition) is 5. The fourth-order valence-corrected chi connectivity index (χ4v) is 3.14. The first kappa shape index (κ1) is 20.6. The van der Waals surface area contributed by atoms with Crippen molar-refractivity contribution >= 4 is 12.4 Å². The van der Waals surface area contributed by atoms with Crippen molar-refractivity contribution in [1.29, 1.82) is 0 Å². The van der Waals surface area contributed by atoms with Gasteiger partial charge in [0.2, 0.25) is 5.91 Å². The van der Waals surface area contributed by atoms with Gasteiger partial charge in [-0.2, -0.15) is 5.10 Å². The Morgan fingerprint density at radius 2 is 2.00 bits per heavy atom. The van der Waals surface area contributed by atoms with Gasteiger partial charge in [0.25, 0.3) is 6.47 Å². The predicted molar refractivity (Wildman–Crippen MR) is 99.9 cm³/mol. The molecule has 146 valence electrons. The molecule has 0 aliphatic carbocycles. The maximum atomic E-state index is 12.5. The molecule has 0 unspecified atom stereocenters. The molecular weight excluding hydrogens is 348 g/mol. The molecule has 27 heavy (non-hydrogen) atoms. The Morgan fingerprint density at radius 1 is 1.33 bits per heavy atom. The van der Waals surface area contributed by atoms with Crippen LogP contribution in [-0.2, 0) is 20.9 Å². The van der Waals surface area contributed by atoms with Crippen LogP contribution in [0.4, 0.5) is 0 Å². The smallest absolute Gasteiger partial charge is 0.290 e. The first-order valence-corrected chi connectivity index (χ1v) is 8.98. The van der Waals surface area contributed by atoms with E-state index in [0.29, 0.717) is 19.7 Å². The Bertz CT molecular complexity index is 745. The largest absolute Gasteiger partial charge is 0.483 e. The van der Waals surface area contributed by atoms with Crippen LogP contribution < -0.4 is 0 Å². The number of rotatable bonds is 5. The summed E-state index contributed by atoms with van der Waals surface area (Å²) >= 11 is 0. The van der Waals surface area contributed by atoms with Gasteiger partial charge in [-0.3, -0.25) is 9.59 Å². The topological polar surface area (TPSA) is 97.5 Å². The molecule has 0 fully saturated rings. The lowest BCUT2D eigenvalue weighted by atomic mass is 10.00. The molecule has 0 saturated carbocycles. The van der Waals surface area contributed by atoms with Gasteiger partial charge in [0, 0.05) is 18.7 Å². The summed E-state index contributed by atoms with van der Waals surface area (Å²) in [6, 6.07) is 9.87. The summed E-state index contributed by atoms with van der Waals surface area (Å²) in [6.07, 6.45) is 0. The van der Waals surface area contributed by atoms with Crippen LogP contribution in [0.1, 0.15) is 32.6 Å². The molecule has 1 aliphatic heterocycles. The van der Waals surface area contributed by atoms with Gasteiger partial charge in [0.1, 0.15) is 6.61 Å². The SMILES string of the molecule is CCOCC(=O)N1CCn2nc(-c3ccccc3)nc2[C@@H]1C(C)C.O=CO. The van der Waals surface area contributed by atoms with Crippen LogP contribution >= 0.6 is 0 Å². The fourth-order valence-electron chi connectivity index (χ4n) is 3.14. The monoisotopic (exact) mass is 374 g/mol. The molecule has 1 N–H and O–H groups in total. The van der Waals surface area contributed by atoms with Gasteiger partial charge in [-0.1, -0.05) is 44.2 Å². The minimum Gasteiger partial charge on any atom is -0.483 e. The highest BCUT2D eigenvalue weighted by molar-refractivity contribution is 5.78. The summed E-state index contributed by atoms with van der Waals surface area (Å²) in [5, 5.41) is 11.5. The third-order valence-corrected chi connectivity index (χ3v) is 4.27. The Balaban J connectivity index is 0.000000817. The van der Waals surface area contributed by atoms with Crippen molar-refractivity contribution in [3.8, 4) is 11.4 Å². The minimum atomic E-state index is -0.250. The molecule has 2 aromatic rings. The van der Waals surface area contributed by atoms with E-state index in [1.165, 1.54) is 0 Å². The zero-order valence-electron chi connectivity index (χ0n) is 15.9. The van der Waals surface area contributed by atoms with E-state index in [4.69, 9.17) is 19.6 Å². The van der Waals surface area contributed by atoms with Crippen LogP contribution in [0, 0.1) is 5.92 Å². The first-order valence-electron chi connectivity index (χ1n) is 8.98. The van der Waals surface area contributed by atoms with Crippen LogP contribution in [0.15, 0.2) is 30.3 Å². The molecule has 1 amide bonds. The normalized spacial score (nSPS) is 15.7. The van der Waals surface area contributed by atoms with E-state index in [0.717, 1.165) is 17.2 Å². The minimum absolute atomic E-state index is 0.0195. The van der Waals surface area contributed by atoms with E-state index >= 15 is 0 Å². The summed E-state index contributed by atoms with van der Waals surface area (Å²) in [5.74, 6) is 1.85. The van der Waals surface area contributed by atoms with Crippen molar-refractivity contribution in [2.24, 2.45) is 5.92 Å². The van der Waals surface area contributed by atoms with Gasteiger partial charge < -0.3 is 14.7 Å². The van der Waals surface area contributed by atoms with Crippen LogP contribution in [0.3, 0.4) is 0 Å². The molecule has 0 bridgehead atoms. The molecule has 2 heterocycles. The van der Waals surface area contributed by atoms with E-state index < -0.39 is 0 Å². The van der Waals surface area contributed by atoms with E-state index in [-0.39, 0.29) is 30.9 Å². The molecule has 8 nitrogen and oxygen atoms in total. The van der Waals surface area contributed by atoms with Gasteiger partial charge in [-0.15, -0.1) is 0 Å². The van der Waals surface area contributed by atoms with Crippen LogP contribution in [0.5, 0.6) is 0 Å². The molecule has 1 aliphatic rings. The number of hydrogen-bond donors (Lipinski definition) is 1. The highest BCUT2D eigenvalue weighted by atomic mass is 16.5. The first-order chi connectivity index (χ1) is 13.0. The van der Waals surface area contributed by atoms with E-state index in [2.05, 4.69) is 18.9 Å². The molecule has 1 atom stereocenters. The second-order valence-corrected chi connectivity index (χ2v) is 6.40. The second-order valence-electron chi connectivity index (χ2n) is 6.40. The predicted octanol–water partition coefficient (Wildman–Crippen LogP) is 2.22. The van der Waals surface area contributed by atoms with Crippen molar-refractivity contribution < 1.29 is 19.4 Å². The number of fused-ring (bicyclic) bond motifs is 1. The lowest BCUT2D eigenvalue weighted by Crippen LogP contribution is -2.46. The molecule has 3 rings (SSSR count). The molecule has 0 saturated heterocycles. The van der Waals surface area contributed by atoms with Crippen LogP contribution in [-0.4, -0.2) is 56.9 Å². The number of aromatic nitrogens is 3. The lowest BCUT2D eigenvalue weighted by molar-refractivity contribution is -0.141. The number of carbonyl (C=O) groups excluding carboxylic acids is 1. The molecule has 0 radical (unpaired) electrons. The number of ether oxygens (including phenoxy) is 1. The zero-order valence-corrected chi connectivity index (χ0v) is 15.9.